The van der Waals surface area contributed by atoms with Gasteiger partial charge in [0.25, 0.3) is 10.0 Å². The lowest BCUT2D eigenvalue weighted by Crippen LogP contribution is -2.27. The Hall–Kier alpha value is -4.28. The molecule has 0 aliphatic rings. The number of sulfonamides is 1. The standard InChI is InChI=1S/C26H18ClFN4O4S/c1-36-24-14-16(18-11-19(27)15-20(28)12-18)4-8-23(24)32(25-3-2-10-29-31-25)37(34,35)21-6-7-22-17(13-21)5-9-26(33)30-22/h2-15H,1H3,(H,30,33). The van der Waals surface area contributed by atoms with Crippen LogP contribution in [-0.2, 0) is 10.0 Å². The number of hydrogen-bond acceptors (Lipinski definition) is 6. The predicted octanol–water partition coefficient (Wildman–Crippen LogP) is 5.31. The van der Waals surface area contributed by atoms with E-state index in [4.69, 9.17) is 16.3 Å². The first-order valence-corrected chi connectivity index (χ1v) is 12.7. The first-order valence-electron chi connectivity index (χ1n) is 10.9. The average Bonchev–Trinajstić information content (AvgIpc) is 2.88. The summed E-state index contributed by atoms with van der Waals surface area (Å²) < 4.78 is 48.6. The number of nitrogens with one attached hydrogen (secondary N) is 1. The van der Waals surface area contributed by atoms with Crippen LogP contribution in [0.5, 0.6) is 5.75 Å². The molecular weight excluding hydrogens is 519 g/mol. The van der Waals surface area contributed by atoms with E-state index in [0.717, 1.165) is 4.31 Å². The summed E-state index contributed by atoms with van der Waals surface area (Å²) in [5.74, 6) is -0.284. The monoisotopic (exact) mass is 536 g/mol. The zero-order chi connectivity index (χ0) is 26.2. The maximum atomic E-state index is 14.0. The fourth-order valence-electron chi connectivity index (χ4n) is 3.92. The van der Waals surface area contributed by atoms with Gasteiger partial charge in [0.05, 0.1) is 12.0 Å². The topological polar surface area (TPSA) is 105 Å². The summed E-state index contributed by atoms with van der Waals surface area (Å²) in [6.45, 7) is 0. The minimum atomic E-state index is -4.25. The molecule has 0 fully saturated rings. The number of ether oxygens (including phenoxy) is 1. The number of pyridine rings is 1. The van der Waals surface area contributed by atoms with E-state index in [1.807, 2.05) is 0 Å². The molecule has 0 saturated heterocycles. The Morgan fingerprint density at radius 2 is 1.81 bits per heavy atom. The van der Waals surface area contributed by atoms with Crippen LogP contribution in [0.2, 0.25) is 5.02 Å². The minimum absolute atomic E-state index is 0.0314. The third-order valence-electron chi connectivity index (χ3n) is 5.59. The number of benzene rings is 3. The Kier molecular flexibility index (Phi) is 6.36. The van der Waals surface area contributed by atoms with Crippen molar-refractivity contribution in [3.63, 3.8) is 0 Å². The van der Waals surface area contributed by atoms with E-state index in [2.05, 4.69) is 15.2 Å². The van der Waals surface area contributed by atoms with Crippen molar-refractivity contribution in [1.82, 2.24) is 15.2 Å². The van der Waals surface area contributed by atoms with Crippen LogP contribution in [0.1, 0.15) is 0 Å². The van der Waals surface area contributed by atoms with Gasteiger partial charge in [0.1, 0.15) is 17.3 Å². The van der Waals surface area contributed by atoms with Crippen molar-refractivity contribution < 1.29 is 17.5 Å². The third-order valence-corrected chi connectivity index (χ3v) is 7.53. The van der Waals surface area contributed by atoms with Gasteiger partial charge in [0.2, 0.25) is 5.56 Å². The molecule has 37 heavy (non-hydrogen) atoms. The van der Waals surface area contributed by atoms with Gasteiger partial charge in [-0.2, -0.15) is 5.10 Å². The van der Waals surface area contributed by atoms with Crippen LogP contribution in [0.3, 0.4) is 0 Å². The molecule has 0 bridgehead atoms. The summed E-state index contributed by atoms with van der Waals surface area (Å²) in [7, 11) is -2.86. The smallest absolute Gasteiger partial charge is 0.270 e. The molecule has 11 heteroatoms. The number of rotatable bonds is 6. The van der Waals surface area contributed by atoms with E-state index in [-0.39, 0.29) is 32.7 Å². The average molecular weight is 537 g/mol. The maximum absolute atomic E-state index is 14.0. The van der Waals surface area contributed by atoms with Crippen molar-refractivity contribution in [1.29, 1.82) is 0 Å². The van der Waals surface area contributed by atoms with Gasteiger partial charge >= 0.3 is 0 Å². The molecule has 1 N–H and O–H groups in total. The van der Waals surface area contributed by atoms with Crippen LogP contribution in [0.15, 0.2) is 94.7 Å². The van der Waals surface area contributed by atoms with Crippen molar-refractivity contribution in [2.24, 2.45) is 0 Å². The number of H-pyrrole nitrogens is 1. The molecule has 0 radical (unpaired) electrons. The second kappa shape index (κ2) is 9.64. The van der Waals surface area contributed by atoms with E-state index >= 15 is 0 Å². The quantitative estimate of drug-likeness (QED) is 0.315. The molecule has 3 aromatic carbocycles. The first-order chi connectivity index (χ1) is 17.8. The molecule has 0 aliphatic heterocycles. The van der Waals surface area contributed by atoms with Crippen molar-refractivity contribution in [2.75, 3.05) is 11.4 Å². The van der Waals surface area contributed by atoms with Crippen LogP contribution >= 0.6 is 11.6 Å². The first kappa shape index (κ1) is 24.4. The lowest BCUT2D eigenvalue weighted by molar-refractivity contribution is 0.416. The molecule has 5 aromatic rings. The highest BCUT2D eigenvalue weighted by atomic mass is 35.5. The summed E-state index contributed by atoms with van der Waals surface area (Å²) in [4.78, 5) is 14.3. The summed E-state index contributed by atoms with van der Waals surface area (Å²) >= 11 is 6.02. The van der Waals surface area contributed by atoms with E-state index in [1.165, 1.54) is 61.8 Å². The molecular formula is C26H18ClFN4O4S. The molecule has 8 nitrogen and oxygen atoms in total. The van der Waals surface area contributed by atoms with Gasteiger partial charge in [0.15, 0.2) is 5.82 Å². The SMILES string of the molecule is COc1cc(-c2cc(F)cc(Cl)c2)ccc1N(c1cccnn1)S(=O)(=O)c1ccc2[nH]c(=O)ccc2c1. The van der Waals surface area contributed by atoms with E-state index < -0.39 is 15.8 Å². The Morgan fingerprint density at radius 3 is 2.54 bits per heavy atom. The predicted molar refractivity (Wildman–Crippen MR) is 139 cm³/mol. The fraction of sp³-hybridized carbons (Fsp3) is 0.0385. The molecule has 0 spiro atoms. The Morgan fingerprint density at radius 1 is 0.973 bits per heavy atom. The van der Waals surface area contributed by atoms with Crippen molar-refractivity contribution >= 4 is 44.0 Å². The van der Waals surface area contributed by atoms with Gasteiger partial charge in [-0.05, 0) is 83.2 Å². The largest absolute Gasteiger partial charge is 0.495 e. The van der Waals surface area contributed by atoms with Crippen LogP contribution in [0.25, 0.3) is 22.0 Å². The molecule has 5 rings (SSSR count). The molecule has 0 saturated carbocycles. The van der Waals surface area contributed by atoms with E-state index in [9.17, 15) is 17.6 Å². The fourth-order valence-corrected chi connectivity index (χ4v) is 5.62. The second-order valence-electron chi connectivity index (χ2n) is 7.97. The van der Waals surface area contributed by atoms with Gasteiger partial charge in [-0.25, -0.2) is 17.1 Å². The highest BCUT2D eigenvalue weighted by Gasteiger charge is 2.31. The van der Waals surface area contributed by atoms with Gasteiger partial charge in [0, 0.05) is 22.8 Å². The number of aromatic amines is 1. The highest BCUT2D eigenvalue weighted by Crippen LogP contribution is 2.40. The van der Waals surface area contributed by atoms with Gasteiger partial charge < -0.3 is 9.72 Å². The van der Waals surface area contributed by atoms with Crippen LogP contribution < -0.4 is 14.6 Å². The van der Waals surface area contributed by atoms with E-state index in [1.54, 1.807) is 30.3 Å². The molecule has 2 heterocycles. The summed E-state index contributed by atoms with van der Waals surface area (Å²) in [5.41, 5.74) is 1.41. The van der Waals surface area contributed by atoms with Gasteiger partial charge in [-0.3, -0.25) is 4.79 Å². The summed E-state index contributed by atoms with van der Waals surface area (Å²) in [6, 6.07) is 19.2. The van der Waals surface area contributed by atoms with Crippen LogP contribution in [-0.4, -0.2) is 30.7 Å². The lowest BCUT2D eigenvalue weighted by Gasteiger charge is -2.25. The number of fused-ring (bicyclic) bond motifs is 1. The molecule has 2 aromatic heterocycles. The summed E-state index contributed by atoms with van der Waals surface area (Å²) in [5, 5.41) is 8.63. The zero-order valence-corrected chi connectivity index (χ0v) is 20.8. The number of aromatic nitrogens is 3. The summed E-state index contributed by atoms with van der Waals surface area (Å²) in [6.07, 6.45) is 1.43. The molecule has 0 atom stereocenters. The number of nitrogens with zero attached hydrogens (tertiary/aromatic N) is 3. The number of methoxy groups -OCH3 is 1. The molecule has 186 valence electrons. The second-order valence-corrected chi connectivity index (χ2v) is 10.2. The lowest BCUT2D eigenvalue weighted by atomic mass is 10.0. The van der Waals surface area contributed by atoms with E-state index in [0.29, 0.717) is 22.0 Å². The number of halogens is 2. The normalized spacial score (nSPS) is 11.4. The van der Waals surface area contributed by atoms with Crippen LogP contribution in [0.4, 0.5) is 15.9 Å². The van der Waals surface area contributed by atoms with Gasteiger partial charge in [-0.15, -0.1) is 5.10 Å². The Balaban J connectivity index is 1.69. The third kappa shape index (κ3) is 4.76. The number of anilines is 2. The Bertz CT molecular complexity index is 1780. The van der Waals surface area contributed by atoms with Crippen LogP contribution in [0, 0.1) is 5.82 Å². The van der Waals surface area contributed by atoms with Gasteiger partial charge in [-0.1, -0.05) is 17.7 Å². The minimum Gasteiger partial charge on any atom is -0.495 e. The number of hydrogen-bond donors (Lipinski definition) is 1. The molecule has 0 aliphatic carbocycles. The van der Waals surface area contributed by atoms with Crippen molar-refractivity contribution in [3.05, 3.63) is 106 Å². The maximum Gasteiger partial charge on any atom is 0.270 e. The zero-order valence-electron chi connectivity index (χ0n) is 19.2. The highest BCUT2D eigenvalue weighted by molar-refractivity contribution is 7.93. The van der Waals surface area contributed by atoms with Crippen molar-refractivity contribution in [2.45, 2.75) is 4.90 Å². The Labute approximate surface area is 216 Å². The molecule has 0 amide bonds. The molecule has 0 unspecified atom stereocenters. The van der Waals surface area contributed by atoms with Crippen molar-refractivity contribution in [3.8, 4) is 16.9 Å².